The normalized spacial score (nSPS) is 19.0. The zero-order valence-electron chi connectivity index (χ0n) is 11.4. The van der Waals surface area contributed by atoms with E-state index >= 15 is 0 Å². The summed E-state index contributed by atoms with van der Waals surface area (Å²) in [6.07, 6.45) is 3.32. The van der Waals surface area contributed by atoms with Gasteiger partial charge in [0, 0.05) is 7.05 Å². The average molecular weight is 295 g/mol. The van der Waals surface area contributed by atoms with E-state index in [1.165, 1.54) is 18.1 Å². The van der Waals surface area contributed by atoms with Crippen LogP contribution in [0.1, 0.15) is 5.56 Å². The first-order valence-electron chi connectivity index (χ1n) is 6.45. The Bertz CT molecular complexity index is 788. The zero-order valence-corrected chi connectivity index (χ0v) is 12.2. The summed E-state index contributed by atoms with van der Waals surface area (Å²) in [7, 11) is 1.64. The minimum Gasteiger partial charge on any atom is -0.300 e. The SMILES string of the molecule is CN=CN=C1NC(=O)/C(=C/c2cccc3ccccc23)S1. The fourth-order valence-electron chi connectivity index (χ4n) is 2.12. The third-order valence-electron chi connectivity index (χ3n) is 3.05. The molecule has 2 aromatic carbocycles. The number of nitrogens with one attached hydrogen (secondary N) is 1. The first kappa shape index (κ1) is 13.6. The van der Waals surface area contributed by atoms with Gasteiger partial charge < -0.3 is 5.32 Å². The van der Waals surface area contributed by atoms with E-state index in [-0.39, 0.29) is 5.91 Å². The van der Waals surface area contributed by atoms with Gasteiger partial charge in [-0.2, -0.15) is 0 Å². The van der Waals surface area contributed by atoms with E-state index in [1.54, 1.807) is 7.05 Å². The topological polar surface area (TPSA) is 53.8 Å². The van der Waals surface area contributed by atoms with Crippen LogP contribution in [0.2, 0.25) is 0 Å². The van der Waals surface area contributed by atoms with Crippen molar-refractivity contribution in [2.24, 2.45) is 9.98 Å². The first-order chi connectivity index (χ1) is 10.3. The summed E-state index contributed by atoms with van der Waals surface area (Å²) in [5.41, 5.74) is 1.02. The molecule has 1 aliphatic heterocycles. The van der Waals surface area contributed by atoms with E-state index in [4.69, 9.17) is 0 Å². The Hall–Kier alpha value is -2.40. The molecule has 0 atom stereocenters. The van der Waals surface area contributed by atoms with Crippen molar-refractivity contribution in [3.05, 3.63) is 52.9 Å². The van der Waals surface area contributed by atoms with Crippen LogP contribution in [0.25, 0.3) is 16.8 Å². The van der Waals surface area contributed by atoms with E-state index < -0.39 is 0 Å². The van der Waals surface area contributed by atoms with Gasteiger partial charge >= 0.3 is 0 Å². The molecule has 0 aromatic heterocycles. The third-order valence-corrected chi connectivity index (χ3v) is 3.98. The van der Waals surface area contributed by atoms with Gasteiger partial charge in [-0.05, 0) is 34.2 Å². The van der Waals surface area contributed by atoms with Gasteiger partial charge in [-0.1, -0.05) is 42.5 Å². The second kappa shape index (κ2) is 5.93. The predicted molar refractivity (Wildman–Crippen MR) is 89.5 cm³/mol. The summed E-state index contributed by atoms with van der Waals surface area (Å²) in [6.45, 7) is 0. The van der Waals surface area contributed by atoms with Crippen molar-refractivity contribution >= 4 is 46.0 Å². The Kier molecular flexibility index (Phi) is 3.83. The number of aliphatic imine (C=N–C) groups is 2. The van der Waals surface area contributed by atoms with Crippen LogP contribution in [0.4, 0.5) is 0 Å². The summed E-state index contributed by atoms with van der Waals surface area (Å²) in [6, 6.07) is 14.2. The van der Waals surface area contributed by atoms with Crippen LogP contribution in [0.5, 0.6) is 0 Å². The molecule has 1 fully saturated rings. The summed E-state index contributed by atoms with van der Waals surface area (Å²) in [4.78, 5) is 20.4. The highest BCUT2D eigenvalue weighted by Gasteiger charge is 2.23. The van der Waals surface area contributed by atoms with Crippen molar-refractivity contribution in [3.63, 3.8) is 0 Å². The second-order valence-corrected chi connectivity index (χ2v) is 5.47. The molecule has 1 aliphatic rings. The third kappa shape index (κ3) is 2.87. The minimum atomic E-state index is -0.129. The highest BCUT2D eigenvalue weighted by atomic mass is 32.2. The van der Waals surface area contributed by atoms with Crippen molar-refractivity contribution in [3.8, 4) is 0 Å². The number of hydrogen-bond donors (Lipinski definition) is 1. The Morgan fingerprint density at radius 3 is 2.81 bits per heavy atom. The molecule has 1 heterocycles. The van der Waals surface area contributed by atoms with Crippen LogP contribution in [0.15, 0.2) is 57.4 Å². The molecular weight excluding hydrogens is 282 g/mol. The summed E-state index contributed by atoms with van der Waals surface area (Å²) >= 11 is 1.32. The maximum absolute atomic E-state index is 12.0. The molecular formula is C16H13N3OS. The molecule has 1 N–H and O–H groups in total. The monoisotopic (exact) mass is 295 g/mol. The number of fused-ring (bicyclic) bond motifs is 1. The Morgan fingerprint density at radius 2 is 1.95 bits per heavy atom. The molecule has 0 bridgehead atoms. The largest absolute Gasteiger partial charge is 0.300 e. The van der Waals surface area contributed by atoms with E-state index in [0.29, 0.717) is 10.1 Å². The molecule has 104 valence electrons. The fourth-order valence-corrected chi connectivity index (χ4v) is 2.90. The highest BCUT2D eigenvalue weighted by Crippen LogP contribution is 2.28. The van der Waals surface area contributed by atoms with Crippen LogP contribution in [0, 0.1) is 0 Å². The molecule has 4 nitrogen and oxygen atoms in total. The van der Waals surface area contributed by atoms with Gasteiger partial charge in [-0.25, -0.2) is 4.99 Å². The minimum absolute atomic E-state index is 0.129. The number of carbonyl (C=O) groups is 1. The average Bonchev–Trinajstić information content (AvgIpc) is 2.86. The number of nitrogens with zero attached hydrogens (tertiary/aromatic N) is 2. The lowest BCUT2D eigenvalue weighted by Crippen LogP contribution is -2.19. The van der Waals surface area contributed by atoms with E-state index in [1.807, 2.05) is 30.3 Å². The van der Waals surface area contributed by atoms with Crippen molar-refractivity contribution < 1.29 is 4.79 Å². The fraction of sp³-hybridized carbons (Fsp3) is 0.0625. The molecule has 0 saturated carbocycles. The molecule has 0 radical (unpaired) electrons. The molecule has 2 aromatic rings. The summed E-state index contributed by atoms with van der Waals surface area (Å²) in [5.74, 6) is -0.129. The Labute approximate surface area is 126 Å². The zero-order chi connectivity index (χ0) is 14.7. The molecule has 5 heteroatoms. The van der Waals surface area contributed by atoms with Gasteiger partial charge in [0.25, 0.3) is 5.91 Å². The summed E-state index contributed by atoms with van der Waals surface area (Å²) < 4.78 is 0. The summed E-state index contributed by atoms with van der Waals surface area (Å²) in [5, 5.41) is 5.56. The number of carbonyl (C=O) groups excluding carboxylic acids is 1. The lowest BCUT2D eigenvalue weighted by molar-refractivity contribution is -0.115. The van der Waals surface area contributed by atoms with Gasteiger partial charge in [0.05, 0.1) is 4.91 Å². The standard InChI is InChI=1S/C16H13N3OS/c1-17-10-18-16-19-15(20)14(21-16)9-12-7-4-6-11-5-2-3-8-13(11)12/h2-10H,1H3,(H,17,18,19,20)/b14-9-. The van der Waals surface area contributed by atoms with Crippen LogP contribution in [-0.2, 0) is 4.79 Å². The van der Waals surface area contributed by atoms with Crippen molar-refractivity contribution in [2.75, 3.05) is 7.05 Å². The van der Waals surface area contributed by atoms with Crippen molar-refractivity contribution in [1.29, 1.82) is 0 Å². The molecule has 21 heavy (non-hydrogen) atoms. The van der Waals surface area contributed by atoms with E-state index in [2.05, 4.69) is 33.5 Å². The lowest BCUT2D eigenvalue weighted by atomic mass is 10.0. The van der Waals surface area contributed by atoms with Gasteiger partial charge in [-0.3, -0.25) is 9.79 Å². The van der Waals surface area contributed by atoms with Crippen LogP contribution in [-0.4, -0.2) is 24.5 Å². The van der Waals surface area contributed by atoms with Crippen LogP contribution in [0.3, 0.4) is 0 Å². The number of hydrogen-bond acceptors (Lipinski definition) is 3. The molecule has 3 rings (SSSR count). The molecule has 0 spiro atoms. The molecule has 0 aliphatic carbocycles. The van der Waals surface area contributed by atoms with Gasteiger partial charge in [-0.15, -0.1) is 0 Å². The van der Waals surface area contributed by atoms with E-state index in [9.17, 15) is 4.79 Å². The van der Waals surface area contributed by atoms with Crippen LogP contribution >= 0.6 is 11.8 Å². The second-order valence-electron chi connectivity index (χ2n) is 4.44. The molecule has 1 amide bonds. The number of thioether (sulfide) groups is 1. The number of benzene rings is 2. The Morgan fingerprint density at radius 1 is 1.14 bits per heavy atom. The van der Waals surface area contributed by atoms with Gasteiger partial charge in [0.2, 0.25) is 0 Å². The lowest BCUT2D eigenvalue weighted by Gasteiger charge is -2.02. The first-order valence-corrected chi connectivity index (χ1v) is 7.26. The smallest absolute Gasteiger partial charge is 0.264 e. The molecule has 1 saturated heterocycles. The van der Waals surface area contributed by atoms with Gasteiger partial charge in [0.15, 0.2) is 5.17 Å². The Balaban J connectivity index is 1.99. The van der Waals surface area contributed by atoms with E-state index in [0.717, 1.165) is 16.3 Å². The van der Waals surface area contributed by atoms with Crippen LogP contribution < -0.4 is 5.32 Å². The quantitative estimate of drug-likeness (QED) is 0.526. The number of amides is 1. The van der Waals surface area contributed by atoms with Crippen molar-refractivity contribution in [2.45, 2.75) is 0 Å². The predicted octanol–water partition coefficient (Wildman–Crippen LogP) is 3.06. The van der Waals surface area contributed by atoms with Gasteiger partial charge in [0.1, 0.15) is 6.34 Å². The number of rotatable bonds is 2. The maximum atomic E-state index is 12.0. The van der Waals surface area contributed by atoms with Crippen molar-refractivity contribution in [1.82, 2.24) is 5.32 Å². The molecule has 0 unspecified atom stereocenters. The number of amidine groups is 1. The maximum Gasteiger partial charge on any atom is 0.264 e. The highest BCUT2D eigenvalue weighted by molar-refractivity contribution is 8.18.